The van der Waals surface area contributed by atoms with Crippen LogP contribution in [0.4, 0.5) is 5.69 Å². The molecule has 1 aromatic carbocycles. The molecule has 0 atom stereocenters. The Morgan fingerprint density at radius 1 is 1.47 bits per heavy atom. The molecular weight excluding hydrogens is 216 g/mol. The van der Waals surface area contributed by atoms with Crippen LogP contribution in [0.15, 0.2) is 18.2 Å². The summed E-state index contributed by atoms with van der Waals surface area (Å²) in [6, 6.07) is 6.08. The van der Waals surface area contributed by atoms with Crippen molar-refractivity contribution in [1.29, 1.82) is 0 Å². The number of nitrogens with one attached hydrogen (secondary N) is 2. The second kappa shape index (κ2) is 5.19. The lowest BCUT2D eigenvalue weighted by Gasteiger charge is -2.09. The van der Waals surface area contributed by atoms with Gasteiger partial charge in [0.1, 0.15) is 5.75 Å². The smallest absolute Gasteiger partial charge is 0.238 e. The van der Waals surface area contributed by atoms with Gasteiger partial charge in [-0.05, 0) is 23.8 Å². The van der Waals surface area contributed by atoms with Gasteiger partial charge in [-0.3, -0.25) is 4.79 Å². The van der Waals surface area contributed by atoms with Crippen molar-refractivity contribution in [3.8, 4) is 5.75 Å². The van der Waals surface area contributed by atoms with Gasteiger partial charge in [0.25, 0.3) is 0 Å². The highest BCUT2D eigenvalue weighted by Gasteiger charge is 2.12. The number of anilines is 1. The molecule has 1 aromatic rings. The van der Waals surface area contributed by atoms with Crippen LogP contribution in [0.3, 0.4) is 0 Å². The Bertz CT molecular complexity index is 416. The van der Waals surface area contributed by atoms with Gasteiger partial charge >= 0.3 is 0 Å². The third kappa shape index (κ3) is 3.20. The molecule has 2 N–H and O–H groups in total. The quantitative estimate of drug-likeness (QED) is 0.831. The van der Waals surface area contributed by atoms with Crippen LogP contribution in [0.5, 0.6) is 5.75 Å². The second-order valence-corrected chi connectivity index (χ2v) is 4.50. The fourth-order valence-corrected chi connectivity index (χ4v) is 1.77. The maximum atomic E-state index is 11.6. The number of amides is 1. The lowest BCUT2D eigenvalue weighted by molar-refractivity contribution is -0.115. The van der Waals surface area contributed by atoms with Crippen molar-refractivity contribution in [2.75, 3.05) is 18.5 Å². The van der Waals surface area contributed by atoms with Crippen LogP contribution in [0.2, 0.25) is 0 Å². The van der Waals surface area contributed by atoms with Gasteiger partial charge in [-0.15, -0.1) is 0 Å². The minimum atomic E-state index is -0.0161. The second-order valence-electron chi connectivity index (χ2n) is 4.50. The standard InChI is InChI=1S/C13H18N2O2/c1-9(2)14-8-13(16)15-11-3-4-12-10(7-11)5-6-17-12/h3-4,7,9,14H,5-6,8H2,1-2H3,(H,15,16). The molecule has 0 radical (unpaired) electrons. The summed E-state index contributed by atoms with van der Waals surface area (Å²) >= 11 is 0. The number of carbonyl (C=O) groups excluding carboxylic acids is 1. The van der Waals surface area contributed by atoms with E-state index < -0.39 is 0 Å². The maximum absolute atomic E-state index is 11.6. The molecule has 2 rings (SSSR count). The molecule has 4 heteroatoms. The minimum Gasteiger partial charge on any atom is -0.493 e. The van der Waals surface area contributed by atoms with Gasteiger partial charge in [0.15, 0.2) is 0 Å². The van der Waals surface area contributed by atoms with Gasteiger partial charge < -0.3 is 15.4 Å². The van der Waals surface area contributed by atoms with E-state index in [9.17, 15) is 4.79 Å². The zero-order chi connectivity index (χ0) is 12.3. The van der Waals surface area contributed by atoms with E-state index in [1.54, 1.807) is 0 Å². The average molecular weight is 234 g/mol. The summed E-state index contributed by atoms with van der Waals surface area (Å²) in [6.45, 7) is 5.10. The number of benzene rings is 1. The Morgan fingerprint density at radius 3 is 3.06 bits per heavy atom. The first-order valence-electron chi connectivity index (χ1n) is 5.94. The van der Waals surface area contributed by atoms with Crippen molar-refractivity contribution in [3.05, 3.63) is 23.8 Å². The third-order valence-electron chi connectivity index (χ3n) is 2.64. The van der Waals surface area contributed by atoms with Crippen molar-refractivity contribution in [2.45, 2.75) is 26.3 Å². The highest BCUT2D eigenvalue weighted by molar-refractivity contribution is 5.92. The molecular formula is C13H18N2O2. The average Bonchev–Trinajstić information content (AvgIpc) is 2.73. The molecule has 17 heavy (non-hydrogen) atoms. The predicted octanol–water partition coefficient (Wildman–Crippen LogP) is 1.56. The van der Waals surface area contributed by atoms with E-state index in [4.69, 9.17) is 4.74 Å². The van der Waals surface area contributed by atoms with Gasteiger partial charge in [0.05, 0.1) is 13.2 Å². The third-order valence-corrected chi connectivity index (χ3v) is 2.64. The molecule has 0 unspecified atom stereocenters. The monoisotopic (exact) mass is 234 g/mol. The molecule has 0 bridgehead atoms. The summed E-state index contributed by atoms with van der Waals surface area (Å²) in [5.74, 6) is 0.917. The Labute approximate surface area is 101 Å². The number of hydrogen-bond donors (Lipinski definition) is 2. The van der Waals surface area contributed by atoms with Crippen molar-refractivity contribution < 1.29 is 9.53 Å². The molecule has 1 heterocycles. The van der Waals surface area contributed by atoms with E-state index in [0.29, 0.717) is 12.6 Å². The lowest BCUT2D eigenvalue weighted by atomic mass is 10.1. The first-order valence-corrected chi connectivity index (χ1v) is 5.94. The molecule has 1 aliphatic rings. The molecule has 0 saturated heterocycles. The number of ether oxygens (including phenoxy) is 1. The topological polar surface area (TPSA) is 50.4 Å². The number of carbonyl (C=O) groups is 1. The highest BCUT2D eigenvalue weighted by Crippen LogP contribution is 2.27. The zero-order valence-electron chi connectivity index (χ0n) is 10.2. The van der Waals surface area contributed by atoms with Crippen LogP contribution >= 0.6 is 0 Å². The molecule has 4 nitrogen and oxygen atoms in total. The summed E-state index contributed by atoms with van der Waals surface area (Å²) < 4.78 is 5.41. The van der Waals surface area contributed by atoms with E-state index in [-0.39, 0.29) is 5.91 Å². The van der Waals surface area contributed by atoms with Crippen LogP contribution in [0.25, 0.3) is 0 Å². The number of rotatable bonds is 4. The summed E-state index contributed by atoms with van der Waals surface area (Å²) in [7, 11) is 0. The number of fused-ring (bicyclic) bond motifs is 1. The molecule has 0 aliphatic carbocycles. The van der Waals surface area contributed by atoms with Gasteiger partial charge in [-0.1, -0.05) is 13.8 Å². The highest BCUT2D eigenvalue weighted by atomic mass is 16.5. The maximum Gasteiger partial charge on any atom is 0.238 e. The van der Waals surface area contributed by atoms with Crippen LogP contribution in [0, 0.1) is 0 Å². The van der Waals surface area contributed by atoms with Crippen molar-refractivity contribution in [3.63, 3.8) is 0 Å². The fourth-order valence-electron chi connectivity index (χ4n) is 1.77. The van der Waals surface area contributed by atoms with Crippen LogP contribution in [0.1, 0.15) is 19.4 Å². The van der Waals surface area contributed by atoms with E-state index in [0.717, 1.165) is 24.5 Å². The predicted molar refractivity (Wildman–Crippen MR) is 67.4 cm³/mol. The molecule has 0 spiro atoms. The van der Waals surface area contributed by atoms with Crippen molar-refractivity contribution in [2.24, 2.45) is 0 Å². The van der Waals surface area contributed by atoms with Gasteiger partial charge in [-0.2, -0.15) is 0 Å². The van der Waals surface area contributed by atoms with E-state index in [2.05, 4.69) is 10.6 Å². The summed E-state index contributed by atoms with van der Waals surface area (Å²) in [5.41, 5.74) is 2.00. The fraction of sp³-hybridized carbons (Fsp3) is 0.462. The molecule has 0 fully saturated rings. The Hall–Kier alpha value is -1.55. The van der Waals surface area contributed by atoms with E-state index >= 15 is 0 Å². The van der Waals surface area contributed by atoms with E-state index in [1.807, 2.05) is 32.0 Å². The molecule has 1 aliphatic heterocycles. The van der Waals surface area contributed by atoms with Crippen LogP contribution < -0.4 is 15.4 Å². The largest absolute Gasteiger partial charge is 0.493 e. The summed E-state index contributed by atoms with van der Waals surface area (Å²) in [4.78, 5) is 11.6. The zero-order valence-corrected chi connectivity index (χ0v) is 10.2. The minimum absolute atomic E-state index is 0.0161. The Kier molecular flexibility index (Phi) is 3.64. The summed E-state index contributed by atoms with van der Waals surface area (Å²) in [5, 5.41) is 5.95. The Morgan fingerprint density at radius 2 is 2.29 bits per heavy atom. The molecule has 0 aromatic heterocycles. The SMILES string of the molecule is CC(C)NCC(=O)Nc1ccc2c(c1)CCO2. The number of hydrogen-bond acceptors (Lipinski definition) is 3. The van der Waals surface area contributed by atoms with Crippen molar-refractivity contribution >= 4 is 11.6 Å². The Balaban J connectivity index is 1.92. The van der Waals surface area contributed by atoms with Gasteiger partial charge in [0, 0.05) is 18.2 Å². The van der Waals surface area contributed by atoms with Crippen LogP contribution in [-0.4, -0.2) is 25.1 Å². The molecule has 1 amide bonds. The van der Waals surface area contributed by atoms with Crippen molar-refractivity contribution in [1.82, 2.24) is 5.32 Å². The lowest BCUT2D eigenvalue weighted by Crippen LogP contribution is -2.32. The first-order chi connectivity index (χ1) is 8.15. The van der Waals surface area contributed by atoms with E-state index in [1.165, 1.54) is 5.56 Å². The molecule has 92 valence electrons. The van der Waals surface area contributed by atoms with Crippen LogP contribution in [-0.2, 0) is 11.2 Å². The van der Waals surface area contributed by atoms with Gasteiger partial charge in [0.2, 0.25) is 5.91 Å². The molecule has 0 saturated carbocycles. The summed E-state index contributed by atoms with van der Waals surface area (Å²) in [6.07, 6.45) is 0.920. The van der Waals surface area contributed by atoms with Gasteiger partial charge in [-0.25, -0.2) is 0 Å². The first kappa shape index (κ1) is 11.9. The normalized spacial score (nSPS) is 13.4.